The average Bonchev–Trinajstić information content (AvgIpc) is 2.89. The molecule has 0 aliphatic carbocycles. The van der Waals surface area contributed by atoms with Gasteiger partial charge in [0.15, 0.2) is 0 Å². The van der Waals surface area contributed by atoms with Gasteiger partial charge in [-0.05, 0) is 23.8 Å². The number of rotatable bonds is 10. The van der Waals surface area contributed by atoms with Gasteiger partial charge < -0.3 is 35.3 Å². The molecular weight excluding hydrogens is 506 g/mol. The minimum atomic E-state index is -0.985. The number of hydrogen-bond donors (Lipinski definition) is 4. The van der Waals surface area contributed by atoms with Crippen LogP contribution in [0.4, 0.5) is 4.79 Å². The van der Waals surface area contributed by atoms with E-state index in [9.17, 15) is 19.2 Å². The fraction of sp³-hybridized carbons (Fsp3) is 0.571. The summed E-state index contributed by atoms with van der Waals surface area (Å²) in [6.07, 6.45) is 2.99. The SMILES string of the molecule is CC(C)(C)C1COC(=O)C(NC(=O)OCc2ccccc2)CC=CCC(CC(=O)NCCOCCO)C(=O)N1. The van der Waals surface area contributed by atoms with Crippen LogP contribution in [0.15, 0.2) is 42.5 Å². The summed E-state index contributed by atoms with van der Waals surface area (Å²) < 4.78 is 15.9. The van der Waals surface area contributed by atoms with Crippen LogP contribution in [0.25, 0.3) is 0 Å². The summed E-state index contributed by atoms with van der Waals surface area (Å²) in [5.41, 5.74) is 0.356. The molecule has 3 unspecified atom stereocenters. The van der Waals surface area contributed by atoms with E-state index in [1.165, 1.54) is 0 Å². The summed E-state index contributed by atoms with van der Waals surface area (Å²) in [6.45, 7) is 6.27. The number of alkyl carbamates (subject to hydrolysis) is 1. The van der Waals surface area contributed by atoms with Gasteiger partial charge in [-0.3, -0.25) is 9.59 Å². The molecule has 1 heterocycles. The standard InChI is InChI=1S/C28H41N3O8/c1-28(2,3)23-19-38-26(35)22(30-27(36)39-18-20-9-5-4-6-10-20)12-8-7-11-21(25(34)31-23)17-24(33)29-13-15-37-16-14-32/h4-10,21-23,32H,11-19H2,1-3H3,(H,29,33)(H,30,36)(H,31,34). The third kappa shape index (κ3) is 12.3. The van der Waals surface area contributed by atoms with Gasteiger partial charge in [0, 0.05) is 13.0 Å². The molecule has 11 nitrogen and oxygen atoms in total. The number of aliphatic hydroxyl groups excluding tert-OH is 1. The second kappa shape index (κ2) is 16.5. The smallest absolute Gasteiger partial charge is 0.408 e. The van der Waals surface area contributed by atoms with Crippen molar-refractivity contribution < 1.29 is 38.5 Å². The van der Waals surface area contributed by atoms with Crippen LogP contribution in [-0.4, -0.2) is 74.0 Å². The van der Waals surface area contributed by atoms with Gasteiger partial charge in [0.05, 0.1) is 31.8 Å². The third-order valence-electron chi connectivity index (χ3n) is 6.11. The Kier molecular flexibility index (Phi) is 13.4. The molecule has 1 aromatic carbocycles. The molecular formula is C28H41N3O8. The lowest BCUT2D eigenvalue weighted by Gasteiger charge is -2.33. The molecule has 0 aromatic heterocycles. The van der Waals surface area contributed by atoms with Crippen LogP contribution < -0.4 is 16.0 Å². The number of aliphatic hydroxyl groups is 1. The van der Waals surface area contributed by atoms with Crippen molar-refractivity contribution in [1.29, 1.82) is 0 Å². The Bertz CT molecular complexity index is 961. The van der Waals surface area contributed by atoms with Gasteiger partial charge in [0.2, 0.25) is 11.8 Å². The largest absolute Gasteiger partial charge is 0.462 e. The van der Waals surface area contributed by atoms with Crippen molar-refractivity contribution in [2.24, 2.45) is 11.3 Å². The van der Waals surface area contributed by atoms with E-state index in [4.69, 9.17) is 19.3 Å². The third-order valence-corrected chi connectivity index (χ3v) is 6.11. The van der Waals surface area contributed by atoms with Crippen molar-refractivity contribution in [2.45, 2.75) is 58.7 Å². The molecule has 0 spiro atoms. The predicted octanol–water partition coefficient (Wildman–Crippen LogP) is 1.84. The Labute approximate surface area is 229 Å². The average molecular weight is 548 g/mol. The zero-order valence-electron chi connectivity index (χ0n) is 22.9. The molecule has 0 bridgehead atoms. The van der Waals surface area contributed by atoms with E-state index in [1.54, 1.807) is 12.2 Å². The molecule has 39 heavy (non-hydrogen) atoms. The molecule has 0 radical (unpaired) electrons. The van der Waals surface area contributed by atoms with Crippen molar-refractivity contribution in [2.75, 3.05) is 33.0 Å². The molecule has 3 amide bonds. The van der Waals surface area contributed by atoms with Gasteiger partial charge in [-0.15, -0.1) is 0 Å². The maximum absolute atomic E-state index is 13.1. The molecule has 4 N–H and O–H groups in total. The normalized spacial score (nSPS) is 20.6. The van der Waals surface area contributed by atoms with Crippen LogP contribution in [0.5, 0.6) is 0 Å². The van der Waals surface area contributed by atoms with E-state index in [-0.39, 0.29) is 70.7 Å². The van der Waals surface area contributed by atoms with E-state index in [0.717, 1.165) is 5.56 Å². The Balaban J connectivity index is 2.06. The summed E-state index contributed by atoms with van der Waals surface area (Å²) in [4.78, 5) is 50.9. The monoisotopic (exact) mass is 547 g/mol. The lowest BCUT2D eigenvalue weighted by molar-refractivity contribution is -0.148. The second-order valence-corrected chi connectivity index (χ2v) is 10.3. The first kappa shape index (κ1) is 31.8. The van der Waals surface area contributed by atoms with Crippen molar-refractivity contribution in [3.8, 4) is 0 Å². The molecule has 1 aliphatic rings. The Morgan fingerprint density at radius 2 is 1.82 bits per heavy atom. The highest BCUT2D eigenvalue weighted by Crippen LogP contribution is 2.22. The summed E-state index contributed by atoms with van der Waals surface area (Å²) in [6, 6.07) is 7.66. The van der Waals surface area contributed by atoms with Crippen molar-refractivity contribution in [3.05, 3.63) is 48.0 Å². The highest BCUT2D eigenvalue weighted by molar-refractivity contribution is 5.86. The number of allylic oxidation sites excluding steroid dienone is 1. The Morgan fingerprint density at radius 3 is 2.51 bits per heavy atom. The van der Waals surface area contributed by atoms with Crippen LogP contribution in [0.3, 0.4) is 0 Å². The molecule has 1 aromatic rings. The molecule has 0 saturated heterocycles. The molecule has 1 aliphatic heterocycles. The predicted molar refractivity (Wildman–Crippen MR) is 143 cm³/mol. The molecule has 11 heteroatoms. The maximum Gasteiger partial charge on any atom is 0.408 e. The summed E-state index contributed by atoms with van der Waals surface area (Å²) in [5.74, 6) is -1.91. The van der Waals surface area contributed by atoms with Crippen LogP contribution >= 0.6 is 0 Å². The maximum atomic E-state index is 13.1. The lowest BCUT2D eigenvalue weighted by Crippen LogP contribution is -2.51. The number of carbonyl (C=O) groups is 4. The number of benzene rings is 1. The van der Waals surface area contributed by atoms with Crippen LogP contribution in [0.2, 0.25) is 0 Å². The number of esters is 1. The number of hydrogen-bond acceptors (Lipinski definition) is 8. The van der Waals surface area contributed by atoms with Crippen molar-refractivity contribution in [3.63, 3.8) is 0 Å². The first-order valence-electron chi connectivity index (χ1n) is 13.1. The van der Waals surface area contributed by atoms with Gasteiger partial charge >= 0.3 is 12.1 Å². The number of nitrogens with one attached hydrogen (secondary N) is 3. The minimum Gasteiger partial charge on any atom is -0.462 e. The van der Waals surface area contributed by atoms with Crippen molar-refractivity contribution >= 4 is 23.9 Å². The highest BCUT2D eigenvalue weighted by atomic mass is 16.6. The number of cyclic esters (lactones) is 1. The quantitative estimate of drug-likeness (QED) is 0.197. The zero-order chi connectivity index (χ0) is 28.7. The van der Waals surface area contributed by atoms with E-state index < -0.39 is 35.5 Å². The molecule has 0 fully saturated rings. The second-order valence-electron chi connectivity index (χ2n) is 10.3. The van der Waals surface area contributed by atoms with E-state index >= 15 is 0 Å². The van der Waals surface area contributed by atoms with Gasteiger partial charge in [-0.25, -0.2) is 9.59 Å². The number of amides is 3. The fourth-order valence-electron chi connectivity index (χ4n) is 3.69. The van der Waals surface area contributed by atoms with Gasteiger partial charge in [0.1, 0.15) is 19.3 Å². The number of ether oxygens (including phenoxy) is 3. The molecule has 0 saturated carbocycles. The molecule has 2 rings (SSSR count). The topological polar surface area (TPSA) is 152 Å². The molecule has 216 valence electrons. The zero-order valence-corrected chi connectivity index (χ0v) is 22.9. The van der Waals surface area contributed by atoms with Gasteiger partial charge in [-0.2, -0.15) is 0 Å². The van der Waals surface area contributed by atoms with Crippen LogP contribution in [-0.2, 0) is 35.2 Å². The fourth-order valence-corrected chi connectivity index (χ4v) is 3.69. The van der Waals surface area contributed by atoms with Crippen molar-refractivity contribution in [1.82, 2.24) is 16.0 Å². The Hall–Kier alpha value is -3.44. The van der Waals surface area contributed by atoms with E-state index in [2.05, 4.69) is 16.0 Å². The Morgan fingerprint density at radius 1 is 1.10 bits per heavy atom. The van der Waals surface area contributed by atoms with E-state index in [1.807, 2.05) is 51.1 Å². The van der Waals surface area contributed by atoms with Crippen LogP contribution in [0, 0.1) is 11.3 Å². The van der Waals surface area contributed by atoms with Gasteiger partial charge in [-0.1, -0.05) is 63.3 Å². The summed E-state index contributed by atoms with van der Waals surface area (Å²) in [7, 11) is 0. The summed E-state index contributed by atoms with van der Waals surface area (Å²) in [5, 5.41) is 17.0. The minimum absolute atomic E-state index is 0.0414. The first-order valence-corrected chi connectivity index (χ1v) is 13.1. The number of carbonyl (C=O) groups excluding carboxylic acids is 4. The van der Waals surface area contributed by atoms with Crippen LogP contribution in [0.1, 0.15) is 45.6 Å². The first-order chi connectivity index (χ1) is 18.6. The highest BCUT2D eigenvalue weighted by Gasteiger charge is 2.32. The van der Waals surface area contributed by atoms with Gasteiger partial charge in [0.25, 0.3) is 0 Å². The lowest BCUT2D eigenvalue weighted by atomic mass is 9.86. The van der Waals surface area contributed by atoms with E-state index in [0.29, 0.717) is 0 Å². The molecule has 3 atom stereocenters. The summed E-state index contributed by atoms with van der Waals surface area (Å²) >= 11 is 0.